The lowest BCUT2D eigenvalue weighted by Crippen LogP contribution is -2.49. The number of nitrogens with zero attached hydrogens (tertiary/aromatic N) is 4. The van der Waals surface area contributed by atoms with E-state index in [-0.39, 0.29) is 30.4 Å². The standard InChI is InChI=1S/C16H16N2O4.C16H14N2O3.2C2H6.HI/c1-10(19)16(15(20)21-2)9-14(18-22-16)12-5-6-13-11(8-12)4-3-7-17-13;1-3-16(15(19)20-2)10-14(18-21-16)12-6-7-13-11(9-12)5-4-8-17-13;2*1-2;/h3-8,10,19H,9H2,1-2H3;3-9H,1,10H2,2H3;2*1-2H3;1H. The summed E-state index contributed by atoms with van der Waals surface area (Å²) in [5.41, 5.74) is 2.07. The fourth-order valence-corrected chi connectivity index (χ4v) is 4.87. The van der Waals surface area contributed by atoms with E-state index in [2.05, 4.69) is 26.9 Å². The average molecular weight is 771 g/mol. The largest absolute Gasteiger partial charge is 0.466 e. The van der Waals surface area contributed by atoms with E-state index in [1.807, 2.05) is 88.4 Å². The highest BCUT2D eigenvalue weighted by Gasteiger charge is 2.52. The summed E-state index contributed by atoms with van der Waals surface area (Å²) in [6.45, 7) is 13.1. The quantitative estimate of drug-likeness (QED) is 0.128. The molecule has 0 radical (unpaired) electrons. The van der Waals surface area contributed by atoms with Crippen LogP contribution >= 0.6 is 24.0 Å². The van der Waals surface area contributed by atoms with E-state index in [9.17, 15) is 14.7 Å². The number of carbonyl (C=O) groups excluding carboxylic acids is 2. The highest BCUT2D eigenvalue weighted by Crippen LogP contribution is 2.32. The lowest BCUT2D eigenvalue weighted by molar-refractivity contribution is -0.179. The molecule has 11 nitrogen and oxygen atoms in total. The second-order valence-corrected chi connectivity index (χ2v) is 10.1. The Bertz CT molecular complexity index is 1780. The van der Waals surface area contributed by atoms with Gasteiger partial charge >= 0.3 is 11.9 Å². The van der Waals surface area contributed by atoms with Crippen LogP contribution in [0.1, 0.15) is 58.6 Å². The van der Waals surface area contributed by atoms with Crippen molar-refractivity contribution >= 4 is 69.1 Å². The monoisotopic (exact) mass is 770 g/mol. The smallest absolute Gasteiger partial charge is 0.357 e. The first-order valence-electron chi connectivity index (χ1n) is 15.4. The lowest BCUT2D eigenvalue weighted by Gasteiger charge is -2.26. The predicted molar refractivity (Wildman–Crippen MR) is 197 cm³/mol. The molecule has 2 aromatic heterocycles. The lowest BCUT2D eigenvalue weighted by atomic mass is 9.89. The van der Waals surface area contributed by atoms with Gasteiger partial charge in [-0.2, -0.15) is 0 Å². The van der Waals surface area contributed by atoms with Crippen LogP contribution in [0.25, 0.3) is 21.8 Å². The Morgan fingerprint density at radius 2 is 1.29 bits per heavy atom. The summed E-state index contributed by atoms with van der Waals surface area (Å²) in [5, 5.41) is 19.9. The van der Waals surface area contributed by atoms with Crippen LogP contribution in [0.4, 0.5) is 0 Å². The van der Waals surface area contributed by atoms with Gasteiger partial charge in [0.25, 0.3) is 11.2 Å². The first kappa shape index (κ1) is 39.7. The highest BCUT2D eigenvalue weighted by molar-refractivity contribution is 14.0. The number of aliphatic hydroxyl groups excluding tert-OH is 1. The zero-order valence-electron chi connectivity index (χ0n) is 28.3. The van der Waals surface area contributed by atoms with Gasteiger partial charge in [-0.25, -0.2) is 9.59 Å². The number of hydrogen-bond acceptors (Lipinski definition) is 11. The minimum atomic E-state index is -1.48. The molecule has 6 rings (SSSR count). The molecule has 0 amide bonds. The number of rotatable bonds is 6. The summed E-state index contributed by atoms with van der Waals surface area (Å²) in [7, 11) is 2.58. The van der Waals surface area contributed by atoms with Crippen molar-refractivity contribution < 1.29 is 33.8 Å². The highest BCUT2D eigenvalue weighted by atomic mass is 127. The third-order valence-corrected chi connectivity index (χ3v) is 7.44. The van der Waals surface area contributed by atoms with Crippen molar-refractivity contribution in [1.82, 2.24) is 9.97 Å². The molecule has 256 valence electrons. The van der Waals surface area contributed by atoms with Crippen molar-refractivity contribution in [2.24, 2.45) is 10.3 Å². The molecule has 2 aromatic carbocycles. The molecule has 3 atom stereocenters. The summed E-state index contributed by atoms with van der Waals surface area (Å²) in [4.78, 5) is 42.9. The van der Waals surface area contributed by atoms with Crippen LogP contribution in [0.2, 0.25) is 0 Å². The minimum absolute atomic E-state index is 0. The van der Waals surface area contributed by atoms with Gasteiger partial charge in [-0.1, -0.05) is 68.9 Å². The van der Waals surface area contributed by atoms with Gasteiger partial charge in [-0.3, -0.25) is 9.97 Å². The summed E-state index contributed by atoms with van der Waals surface area (Å²) < 4.78 is 9.51. The topological polar surface area (TPSA) is 142 Å². The number of pyridine rings is 2. The van der Waals surface area contributed by atoms with Crippen LogP contribution in [0, 0.1) is 0 Å². The molecule has 4 aromatic rings. The minimum Gasteiger partial charge on any atom is -0.466 e. The van der Waals surface area contributed by atoms with Crippen LogP contribution in [0.5, 0.6) is 0 Å². The number of halogens is 1. The summed E-state index contributed by atoms with van der Waals surface area (Å²) in [5.74, 6) is -1.14. The number of hydrogen-bond donors (Lipinski definition) is 1. The van der Waals surface area contributed by atoms with E-state index >= 15 is 0 Å². The van der Waals surface area contributed by atoms with Crippen LogP contribution < -0.4 is 0 Å². The van der Waals surface area contributed by atoms with Gasteiger partial charge in [0.1, 0.15) is 6.10 Å². The maximum Gasteiger partial charge on any atom is 0.357 e. The van der Waals surface area contributed by atoms with E-state index in [1.54, 1.807) is 12.4 Å². The van der Waals surface area contributed by atoms with E-state index in [0.29, 0.717) is 17.8 Å². The Morgan fingerprint density at radius 3 is 1.75 bits per heavy atom. The number of esters is 2. The van der Waals surface area contributed by atoms with Gasteiger partial charge in [0.15, 0.2) is 0 Å². The van der Waals surface area contributed by atoms with Crippen LogP contribution in [0.3, 0.4) is 0 Å². The van der Waals surface area contributed by atoms with E-state index in [1.165, 1.54) is 27.2 Å². The van der Waals surface area contributed by atoms with Crippen molar-refractivity contribution in [2.75, 3.05) is 14.2 Å². The fourth-order valence-electron chi connectivity index (χ4n) is 4.87. The van der Waals surface area contributed by atoms with Crippen molar-refractivity contribution in [1.29, 1.82) is 0 Å². The van der Waals surface area contributed by atoms with Gasteiger partial charge in [-0.05, 0) is 49.4 Å². The molecule has 2 aliphatic rings. The fraction of sp³-hybridized carbons (Fsp3) is 0.333. The first-order chi connectivity index (χ1) is 22.7. The normalized spacial score (nSPS) is 19.4. The number of benzene rings is 2. The van der Waals surface area contributed by atoms with E-state index in [0.717, 1.165) is 32.9 Å². The van der Waals surface area contributed by atoms with Gasteiger partial charge < -0.3 is 24.3 Å². The Kier molecular flexibility index (Phi) is 15.1. The number of carbonyl (C=O) groups is 2. The maximum absolute atomic E-state index is 12.0. The molecular formula is C36H43IN4O7. The summed E-state index contributed by atoms with van der Waals surface area (Å²) in [6, 6.07) is 19.1. The van der Waals surface area contributed by atoms with Crippen LogP contribution in [-0.4, -0.2) is 70.0 Å². The number of aromatic nitrogens is 2. The Balaban J connectivity index is 0.000000297. The van der Waals surface area contributed by atoms with Gasteiger partial charge in [0.05, 0.1) is 49.5 Å². The summed E-state index contributed by atoms with van der Waals surface area (Å²) in [6.07, 6.45) is 4.32. The van der Waals surface area contributed by atoms with Gasteiger partial charge in [-0.15, -0.1) is 24.0 Å². The first-order valence-corrected chi connectivity index (χ1v) is 15.4. The molecule has 4 heterocycles. The molecule has 1 N–H and O–H groups in total. The van der Waals surface area contributed by atoms with Crippen molar-refractivity contribution in [2.45, 2.75) is 64.8 Å². The Morgan fingerprint density at radius 1 is 0.812 bits per heavy atom. The average Bonchev–Trinajstić information content (AvgIpc) is 3.80. The molecule has 0 fully saturated rings. The molecule has 0 aliphatic carbocycles. The molecule has 0 saturated carbocycles. The number of oxime groups is 2. The van der Waals surface area contributed by atoms with Crippen molar-refractivity contribution in [3.63, 3.8) is 0 Å². The van der Waals surface area contributed by atoms with Crippen molar-refractivity contribution in [3.05, 3.63) is 96.8 Å². The third-order valence-electron chi connectivity index (χ3n) is 7.44. The van der Waals surface area contributed by atoms with Crippen LogP contribution in [0.15, 0.2) is 96.0 Å². The van der Waals surface area contributed by atoms with E-state index < -0.39 is 29.2 Å². The molecule has 12 heteroatoms. The van der Waals surface area contributed by atoms with Crippen molar-refractivity contribution in [3.8, 4) is 0 Å². The Hall–Kier alpha value is -4.43. The molecule has 48 heavy (non-hydrogen) atoms. The molecule has 0 saturated heterocycles. The number of aliphatic hydroxyl groups is 1. The van der Waals surface area contributed by atoms with Crippen LogP contribution in [-0.2, 0) is 28.7 Å². The number of fused-ring (bicyclic) bond motifs is 2. The van der Waals surface area contributed by atoms with E-state index in [4.69, 9.17) is 19.1 Å². The maximum atomic E-state index is 12.0. The molecule has 3 unspecified atom stereocenters. The zero-order chi connectivity index (χ0) is 34.6. The molecule has 0 bridgehead atoms. The number of ether oxygens (including phenoxy) is 2. The molecule has 2 aliphatic heterocycles. The molecular weight excluding hydrogens is 727 g/mol. The second-order valence-electron chi connectivity index (χ2n) is 10.1. The third kappa shape index (κ3) is 8.34. The molecule has 0 spiro atoms. The van der Waals surface area contributed by atoms with Gasteiger partial charge in [0, 0.05) is 34.3 Å². The number of methoxy groups -OCH3 is 2. The second kappa shape index (κ2) is 18.2. The summed E-state index contributed by atoms with van der Waals surface area (Å²) >= 11 is 0. The predicted octanol–water partition coefficient (Wildman–Crippen LogP) is 6.78. The Labute approximate surface area is 298 Å². The van der Waals surface area contributed by atoms with Gasteiger partial charge in [0.2, 0.25) is 0 Å². The SMILES string of the molecule is C=CC1(C(=O)OC)CC(c2ccc3ncccc3c2)=NO1.CC.CC.COC(=O)C1(C(C)O)CC(c2ccc3ncccc3c2)=NO1.I. The zero-order valence-corrected chi connectivity index (χ0v) is 30.6.